The number of allylic oxidation sites excluding steroid dienone is 1. The second-order valence-corrected chi connectivity index (χ2v) is 19.5. The van der Waals surface area contributed by atoms with Crippen LogP contribution in [0.4, 0.5) is 4.79 Å². The van der Waals surface area contributed by atoms with Gasteiger partial charge in [-0.2, -0.15) is 0 Å². The summed E-state index contributed by atoms with van der Waals surface area (Å²) in [5, 5.41) is 5.86. The van der Waals surface area contributed by atoms with Crippen LogP contribution in [0.5, 0.6) is 0 Å². The number of carbonyl (C=O) groups excluding carboxylic acids is 2. The third kappa shape index (κ3) is 11.9. The molecule has 0 aromatic heterocycles. The van der Waals surface area contributed by atoms with Crippen LogP contribution in [0.3, 0.4) is 0 Å². The van der Waals surface area contributed by atoms with Crippen LogP contribution in [-0.4, -0.2) is 67.2 Å². The van der Waals surface area contributed by atoms with Gasteiger partial charge in [-0.05, 0) is 111 Å². The molecule has 296 valence electrons. The third-order valence-corrected chi connectivity index (χ3v) is 15.3. The molecule has 8 atom stereocenters. The van der Waals surface area contributed by atoms with E-state index in [1.165, 1.54) is 57.8 Å². The average molecular weight is 763 g/mol. The minimum atomic E-state index is -0.640. The molecule has 0 spiro atoms. The third-order valence-electron chi connectivity index (χ3n) is 12.9. The van der Waals surface area contributed by atoms with Gasteiger partial charge in [-0.15, -0.1) is 0 Å². The predicted molar refractivity (Wildman–Crippen MR) is 219 cm³/mol. The number of nitrogens with zero attached hydrogens (tertiary/aromatic N) is 2. The lowest BCUT2D eigenvalue weighted by Crippen LogP contribution is -2.50. The Morgan fingerprint density at radius 1 is 0.904 bits per heavy atom. The van der Waals surface area contributed by atoms with Gasteiger partial charge in [0.2, 0.25) is 5.91 Å². The molecule has 3 saturated carbocycles. The highest BCUT2D eigenvalue weighted by Gasteiger charge is 2.58. The van der Waals surface area contributed by atoms with Crippen molar-refractivity contribution in [2.24, 2.45) is 73.3 Å². The largest absolute Gasteiger partial charge is 0.446 e. The molecule has 0 saturated heterocycles. The lowest BCUT2D eigenvalue weighted by molar-refractivity contribution is -0.122. The summed E-state index contributed by atoms with van der Waals surface area (Å²) in [4.78, 5) is 33.4. The highest BCUT2D eigenvalue weighted by molar-refractivity contribution is 8.76. The van der Waals surface area contributed by atoms with Gasteiger partial charge in [0.15, 0.2) is 11.9 Å². The number of aliphatic imine (C=N–C) groups is 2. The fourth-order valence-corrected chi connectivity index (χ4v) is 12.0. The lowest BCUT2D eigenvalue weighted by atomic mass is 9.47. The van der Waals surface area contributed by atoms with Crippen molar-refractivity contribution in [3.63, 3.8) is 0 Å². The molecule has 0 aromatic rings. The highest BCUT2D eigenvalue weighted by atomic mass is 33.1. The van der Waals surface area contributed by atoms with Gasteiger partial charge in [-0.1, -0.05) is 80.2 Å². The first-order valence-electron chi connectivity index (χ1n) is 20.1. The molecule has 13 heteroatoms. The van der Waals surface area contributed by atoms with Crippen molar-refractivity contribution in [3.05, 3.63) is 11.6 Å². The molecule has 8 unspecified atom stereocenters. The summed E-state index contributed by atoms with van der Waals surface area (Å²) < 4.78 is 5.96. The second-order valence-electron chi connectivity index (χ2n) is 16.8. The molecule has 0 aliphatic heterocycles. The normalized spacial score (nSPS) is 29.9. The first-order chi connectivity index (χ1) is 24.8. The van der Waals surface area contributed by atoms with Crippen LogP contribution in [0.1, 0.15) is 124 Å². The van der Waals surface area contributed by atoms with Gasteiger partial charge in [-0.25, -0.2) is 9.79 Å². The van der Waals surface area contributed by atoms with E-state index >= 15 is 0 Å². The Kier molecular flexibility index (Phi) is 16.7. The van der Waals surface area contributed by atoms with Gasteiger partial charge in [0.25, 0.3) is 0 Å². The molecule has 3 fully saturated rings. The van der Waals surface area contributed by atoms with E-state index in [0.717, 1.165) is 66.8 Å². The zero-order valence-corrected chi connectivity index (χ0v) is 34.1. The van der Waals surface area contributed by atoms with E-state index < -0.39 is 6.04 Å². The number of ether oxygens (including phenoxy) is 1. The maximum atomic E-state index is 12.7. The number of unbranched alkanes of at least 4 members (excludes halogenated alkanes) is 2. The number of nitrogens with two attached hydrogens (primary N) is 4. The maximum Gasteiger partial charge on any atom is 0.407 e. The molecule has 10 N–H and O–H groups in total. The number of guanidine groups is 2. The number of fused-ring (bicyclic) bond motifs is 5. The van der Waals surface area contributed by atoms with Crippen LogP contribution < -0.4 is 33.6 Å². The van der Waals surface area contributed by atoms with Crippen LogP contribution in [0.15, 0.2) is 21.6 Å². The Labute approximate surface area is 321 Å². The molecule has 2 amide bonds. The summed E-state index contributed by atoms with van der Waals surface area (Å²) in [7, 11) is 3.30. The number of rotatable bonds is 20. The fourth-order valence-electron chi connectivity index (χ4n) is 10.2. The predicted octanol–water partition coefficient (Wildman–Crippen LogP) is 6.46. The van der Waals surface area contributed by atoms with Crippen molar-refractivity contribution in [2.45, 2.75) is 136 Å². The quantitative estimate of drug-likeness (QED) is 0.0265. The average Bonchev–Trinajstić information content (AvgIpc) is 3.42. The molecule has 4 aliphatic rings. The first-order valence-corrected chi connectivity index (χ1v) is 22.6. The first kappa shape index (κ1) is 42.5. The van der Waals surface area contributed by atoms with Gasteiger partial charge in [0.1, 0.15) is 12.1 Å². The van der Waals surface area contributed by atoms with E-state index in [4.69, 9.17) is 27.7 Å². The van der Waals surface area contributed by atoms with Crippen molar-refractivity contribution in [1.82, 2.24) is 10.6 Å². The Bertz CT molecular complexity index is 1260. The highest BCUT2D eigenvalue weighted by Crippen LogP contribution is 2.66. The summed E-state index contributed by atoms with van der Waals surface area (Å²) in [6, 6.07) is -0.640. The summed E-state index contributed by atoms with van der Waals surface area (Å²) >= 11 is 0. The van der Waals surface area contributed by atoms with E-state index in [1.54, 1.807) is 27.2 Å². The van der Waals surface area contributed by atoms with Gasteiger partial charge < -0.3 is 38.3 Å². The zero-order chi connectivity index (χ0) is 37.7. The van der Waals surface area contributed by atoms with Crippen LogP contribution in [0.25, 0.3) is 0 Å². The molecular weight excluding hydrogens is 693 g/mol. The van der Waals surface area contributed by atoms with Crippen molar-refractivity contribution < 1.29 is 14.3 Å². The number of hydrogen-bond donors (Lipinski definition) is 6. The summed E-state index contributed by atoms with van der Waals surface area (Å²) in [5.41, 5.74) is 24.1. The monoisotopic (exact) mass is 763 g/mol. The lowest BCUT2D eigenvalue weighted by Gasteiger charge is -2.58. The Morgan fingerprint density at radius 3 is 2.35 bits per heavy atom. The van der Waals surface area contributed by atoms with Crippen LogP contribution in [0, 0.1) is 40.4 Å². The molecule has 0 bridgehead atoms. The summed E-state index contributed by atoms with van der Waals surface area (Å²) in [6.07, 6.45) is 19.6. The fraction of sp³-hybridized carbons (Fsp3) is 0.846. The topological polar surface area (TPSA) is 196 Å². The number of amides is 2. The molecule has 0 heterocycles. The molecule has 4 aliphatic carbocycles. The molecule has 0 aromatic carbocycles. The molecule has 52 heavy (non-hydrogen) atoms. The molecular formula is C39H70N8O3S2. The van der Waals surface area contributed by atoms with E-state index in [2.05, 4.69) is 54.4 Å². The van der Waals surface area contributed by atoms with Gasteiger partial charge >= 0.3 is 6.09 Å². The number of hydrogen-bond acceptors (Lipinski definition) is 7. The number of nitrogens with one attached hydrogen (secondary N) is 2. The van der Waals surface area contributed by atoms with Crippen LogP contribution in [-0.2, 0) is 9.53 Å². The summed E-state index contributed by atoms with van der Waals surface area (Å²) in [5.74, 6) is 5.40. The van der Waals surface area contributed by atoms with Crippen molar-refractivity contribution in [3.8, 4) is 0 Å². The SMILES string of the molecule is CC(C)CCCCC1CCC2C3CC=C4CC(OC(=O)NCCSSCCNC(=O)C(CCCCN=C(N)N)N=C(N)N)CCC4(C)C3CCC12C. The van der Waals surface area contributed by atoms with Crippen LogP contribution in [0.2, 0.25) is 0 Å². The molecule has 0 radical (unpaired) electrons. The minimum absolute atomic E-state index is 0.0434. The minimum Gasteiger partial charge on any atom is -0.446 e. The van der Waals surface area contributed by atoms with E-state index in [1.807, 2.05) is 0 Å². The second kappa shape index (κ2) is 20.4. The maximum absolute atomic E-state index is 12.7. The smallest absolute Gasteiger partial charge is 0.407 e. The standard InChI is InChI=1S/C39H70N8O3S2/c1-26(2)9-5-6-10-27-13-15-31-30-14-12-28-25-29(16-18-39(28,4)32(30)17-19-38(27,31)3)50-37(49)46-22-24-52-51-23-21-44-34(48)33(47-36(42)43)11-7-8-20-45-35(40)41/h12,26-27,29-33H,5-11,13-25H2,1-4H3,(H,44,48)(H,46,49)(H4,40,41,45)(H4,42,43,47). The van der Waals surface area contributed by atoms with Gasteiger partial charge in [-0.3, -0.25) is 9.79 Å². The summed E-state index contributed by atoms with van der Waals surface area (Å²) in [6.45, 7) is 11.4. The van der Waals surface area contributed by atoms with Crippen LogP contribution >= 0.6 is 21.6 Å². The Hall–Kier alpha value is -2.28. The Morgan fingerprint density at radius 2 is 1.63 bits per heavy atom. The molecule has 11 nitrogen and oxygen atoms in total. The van der Waals surface area contributed by atoms with Crippen molar-refractivity contribution in [2.75, 3.05) is 31.1 Å². The van der Waals surface area contributed by atoms with Gasteiger partial charge in [0, 0.05) is 37.6 Å². The Balaban J connectivity index is 1.11. The number of carbonyl (C=O) groups is 2. The number of alkyl carbamates (subject to hydrolysis) is 1. The zero-order valence-electron chi connectivity index (χ0n) is 32.5. The van der Waals surface area contributed by atoms with Crippen molar-refractivity contribution in [1.29, 1.82) is 0 Å². The van der Waals surface area contributed by atoms with E-state index in [-0.39, 0.29) is 35.4 Å². The van der Waals surface area contributed by atoms with E-state index in [0.29, 0.717) is 37.9 Å². The molecule has 4 rings (SSSR count). The van der Waals surface area contributed by atoms with E-state index in [9.17, 15) is 9.59 Å². The van der Waals surface area contributed by atoms with Gasteiger partial charge in [0.05, 0.1) is 0 Å². The van der Waals surface area contributed by atoms with Crippen molar-refractivity contribution >= 4 is 45.5 Å².